The number of ketones is 1. The molecule has 0 radical (unpaired) electrons. The number of Topliss-reactive ketones (excluding diaryl/α,β-unsaturated/α-hetero) is 1. The Bertz CT molecular complexity index is 439. The molecule has 18 heavy (non-hydrogen) atoms. The number of halogens is 1. The van der Waals surface area contributed by atoms with Crippen molar-refractivity contribution < 1.29 is 4.79 Å². The van der Waals surface area contributed by atoms with E-state index in [1.807, 2.05) is 25.1 Å². The Hall–Kier alpha value is -0.630. The van der Waals surface area contributed by atoms with Crippen molar-refractivity contribution >= 4 is 21.7 Å². The van der Waals surface area contributed by atoms with Gasteiger partial charge in [-0.05, 0) is 37.8 Å². The van der Waals surface area contributed by atoms with Gasteiger partial charge >= 0.3 is 0 Å². The molecule has 1 nitrogen and oxygen atoms in total. The predicted molar refractivity (Wildman–Crippen MR) is 78.9 cm³/mol. The molecule has 1 aliphatic rings. The van der Waals surface area contributed by atoms with Gasteiger partial charge in [0.25, 0.3) is 0 Å². The summed E-state index contributed by atoms with van der Waals surface area (Å²) < 4.78 is 0.943. The molecule has 98 valence electrons. The first kappa shape index (κ1) is 13.8. The van der Waals surface area contributed by atoms with Gasteiger partial charge in [0.15, 0.2) is 5.78 Å². The van der Waals surface area contributed by atoms with Gasteiger partial charge in [0.1, 0.15) is 0 Å². The highest BCUT2D eigenvalue weighted by Crippen LogP contribution is 2.35. The van der Waals surface area contributed by atoms with E-state index in [1.54, 1.807) is 0 Å². The van der Waals surface area contributed by atoms with Crippen LogP contribution in [0.3, 0.4) is 0 Å². The summed E-state index contributed by atoms with van der Waals surface area (Å²) in [7, 11) is 0. The van der Waals surface area contributed by atoms with Gasteiger partial charge in [0.2, 0.25) is 0 Å². The van der Waals surface area contributed by atoms with Crippen molar-refractivity contribution in [2.24, 2.45) is 11.8 Å². The monoisotopic (exact) mass is 308 g/mol. The van der Waals surface area contributed by atoms with Crippen LogP contribution in [-0.4, -0.2) is 5.78 Å². The van der Waals surface area contributed by atoms with Crippen LogP contribution in [-0.2, 0) is 0 Å². The first-order valence-corrected chi connectivity index (χ1v) is 7.73. The molecular weight excluding hydrogens is 288 g/mol. The Balaban J connectivity index is 2.26. The maximum absolute atomic E-state index is 12.7. The molecule has 1 aromatic carbocycles. The molecule has 2 unspecified atom stereocenters. The second-order valence-electron chi connectivity index (χ2n) is 5.41. The Morgan fingerprint density at radius 2 is 2.06 bits per heavy atom. The number of hydrogen-bond acceptors (Lipinski definition) is 1. The van der Waals surface area contributed by atoms with E-state index in [4.69, 9.17) is 0 Å². The second kappa shape index (κ2) is 6.01. The van der Waals surface area contributed by atoms with Gasteiger partial charge in [-0.15, -0.1) is 0 Å². The molecule has 0 aromatic heterocycles. The van der Waals surface area contributed by atoms with Gasteiger partial charge in [0.05, 0.1) is 0 Å². The standard InChI is InChI=1S/C16H21BrO/c1-3-12-6-4-5-7-13(12)16(18)14-10-11(2)8-9-15(14)17/h8-10,12-13H,3-7H2,1-2H3. The molecule has 0 saturated heterocycles. The largest absolute Gasteiger partial charge is 0.294 e. The first-order valence-electron chi connectivity index (χ1n) is 6.94. The Labute approximate surface area is 118 Å². The van der Waals surface area contributed by atoms with Crippen molar-refractivity contribution in [1.29, 1.82) is 0 Å². The Morgan fingerprint density at radius 3 is 2.78 bits per heavy atom. The van der Waals surface area contributed by atoms with Crippen LogP contribution in [0.25, 0.3) is 0 Å². The molecule has 2 rings (SSSR count). The Morgan fingerprint density at radius 1 is 1.33 bits per heavy atom. The molecule has 0 spiro atoms. The summed E-state index contributed by atoms with van der Waals surface area (Å²) in [5.41, 5.74) is 2.03. The van der Waals surface area contributed by atoms with Crippen LogP contribution >= 0.6 is 15.9 Å². The zero-order valence-corrected chi connectivity index (χ0v) is 12.8. The van der Waals surface area contributed by atoms with Crippen molar-refractivity contribution in [3.05, 3.63) is 33.8 Å². The summed E-state index contributed by atoms with van der Waals surface area (Å²) in [5.74, 6) is 1.16. The molecule has 0 aliphatic heterocycles. The van der Waals surface area contributed by atoms with Crippen LogP contribution in [0.5, 0.6) is 0 Å². The number of rotatable bonds is 3. The van der Waals surface area contributed by atoms with E-state index in [0.29, 0.717) is 11.7 Å². The molecule has 0 heterocycles. The lowest BCUT2D eigenvalue weighted by atomic mass is 9.74. The summed E-state index contributed by atoms with van der Waals surface area (Å²) in [6, 6.07) is 6.05. The molecule has 1 aliphatic carbocycles. The maximum Gasteiger partial charge on any atom is 0.167 e. The highest BCUT2D eigenvalue weighted by molar-refractivity contribution is 9.10. The predicted octanol–water partition coefficient (Wildman–Crippen LogP) is 5.16. The van der Waals surface area contributed by atoms with Crippen LogP contribution in [0.4, 0.5) is 0 Å². The van der Waals surface area contributed by atoms with Crippen LogP contribution < -0.4 is 0 Å². The van der Waals surface area contributed by atoms with Crippen molar-refractivity contribution in [3.8, 4) is 0 Å². The van der Waals surface area contributed by atoms with E-state index < -0.39 is 0 Å². The normalized spacial score (nSPS) is 23.9. The van der Waals surface area contributed by atoms with Crippen molar-refractivity contribution in [2.75, 3.05) is 0 Å². The minimum Gasteiger partial charge on any atom is -0.294 e. The zero-order chi connectivity index (χ0) is 13.1. The summed E-state index contributed by atoms with van der Waals surface area (Å²) in [6.07, 6.45) is 5.90. The number of carbonyl (C=O) groups is 1. The minimum atomic E-state index is 0.238. The van der Waals surface area contributed by atoms with Gasteiger partial charge in [-0.3, -0.25) is 4.79 Å². The first-order chi connectivity index (χ1) is 8.63. The molecule has 1 fully saturated rings. The Kier molecular flexibility index (Phi) is 4.60. The molecule has 1 saturated carbocycles. The van der Waals surface area contributed by atoms with E-state index in [0.717, 1.165) is 28.4 Å². The van der Waals surface area contributed by atoms with Crippen LogP contribution in [0.1, 0.15) is 54.9 Å². The molecule has 2 atom stereocenters. The summed E-state index contributed by atoms with van der Waals surface area (Å²) in [4.78, 5) is 12.7. The molecule has 0 bridgehead atoms. The van der Waals surface area contributed by atoms with Gasteiger partial charge < -0.3 is 0 Å². The van der Waals surface area contributed by atoms with E-state index in [2.05, 4.69) is 22.9 Å². The average molecular weight is 309 g/mol. The smallest absolute Gasteiger partial charge is 0.167 e. The zero-order valence-electron chi connectivity index (χ0n) is 11.2. The molecule has 0 N–H and O–H groups in total. The molecule has 1 aromatic rings. The van der Waals surface area contributed by atoms with E-state index in [-0.39, 0.29) is 5.92 Å². The van der Waals surface area contributed by atoms with E-state index in [9.17, 15) is 4.79 Å². The van der Waals surface area contributed by atoms with E-state index >= 15 is 0 Å². The lowest BCUT2D eigenvalue weighted by molar-refractivity contribution is 0.0819. The molecule has 2 heteroatoms. The third kappa shape index (κ3) is 2.85. The summed E-state index contributed by atoms with van der Waals surface area (Å²) >= 11 is 3.52. The summed E-state index contributed by atoms with van der Waals surface area (Å²) in [6.45, 7) is 4.25. The fourth-order valence-corrected chi connectivity index (χ4v) is 3.51. The molecule has 0 amide bonds. The number of aryl methyl sites for hydroxylation is 1. The topological polar surface area (TPSA) is 17.1 Å². The van der Waals surface area contributed by atoms with Gasteiger partial charge in [-0.2, -0.15) is 0 Å². The van der Waals surface area contributed by atoms with Crippen molar-refractivity contribution in [3.63, 3.8) is 0 Å². The maximum atomic E-state index is 12.7. The fourth-order valence-electron chi connectivity index (χ4n) is 3.07. The number of hydrogen-bond donors (Lipinski definition) is 0. The third-order valence-electron chi connectivity index (χ3n) is 4.16. The minimum absolute atomic E-state index is 0.238. The van der Waals surface area contributed by atoms with Crippen LogP contribution in [0, 0.1) is 18.8 Å². The average Bonchev–Trinajstić information content (AvgIpc) is 2.40. The van der Waals surface area contributed by atoms with Crippen LogP contribution in [0.2, 0.25) is 0 Å². The lowest BCUT2D eigenvalue weighted by Gasteiger charge is -2.30. The van der Waals surface area contributed by atoms with Gasteiger partial charge in [0, 0.05) is 16.0 Å². The summed E-state index contributed by atoms with van der Waals surface area (Å²) in [5, 5.41) is 0. The second-order valence-corrected chi connectivity index (χ2v) is 6.26. The van der Waals surface area contributed by atoms with Gasteiger partial charge in [-0.25, -0.2) is 0 Å². The lowest BCUT2D eigenvalue weighted by Crippen LogP contribution is -2.27. The van der Waals surface area contributed by atoms with Crippen molar-refractivity contribution in [2.45, 2.75) is 46.0 Å². The number of carbonyl (C=O) groups excluding carboxylic acids is 1. The molecular formula is C16H21BrO. The van der Waals surface area contributed by atoms with Crippen molar-refractivity contribution in [1.82, 2.24) is 0 Å². The fraction of sp³-hybridized carbons (Fsp3) is 0.562. The highest BCUT2D eigenvalue weighted by atomic mass is 79.9. The van der Waals surface area contributed by atoms with Gasteiger partial charge in [-0.1, -0.05) is 53.7 Å². The van der Waals surface area contributed by atoms with Crippen LogP contribution in [0.15, 0.2) is 22.7 Å². The van der Waals surface area contributed by atoms with E-state index in [1.165, 1.54) is 19.3 Å². The highest BCUT2D eigenvalue weighted by Gasteiger charge is 2.31. The quantitative estimate of drug-likeness (QED) is 0.705. The number of benzene rings is 1. The SMILES string of the molecule is CCC1CCCCC1C(=O)c1cc(C)ccc1Br. The third-order valence-corrected chi connectivity index (χ3v) is 4.85.